The Balaban J connectivity index is 1.82. The number of hydrogen-bond donors (Lipinski definition) is 1. The van der Waals surface area contributed by atoms with Gasteiger partial charge in [0.25, 0.3) is 5.91 Å². The van der Waals surface area contributed by atoms with Gasteiger partial charge in [0.05, 0.1) is 4.90 Å². The van der Waals surface area contributed by atoms with E-state index >= 15 is 0 Å². The first-order valence-corrected chi connectivity index (χ1v) is 15.2. The first kappa shape index (κ1) is 34.1. The lowest BCUT2D eigenvalue weighted by molar-refractivity contribution is -0.348. The molecule has 0 radical (unpaired) electrons. The van der Waals surface area contributed by atoms with E-state index in [4.69, 9.17) is 4.74 Å². The van der Waals surface area contributed by atoms with Gasteiger partial charge in [-0.05, 0) is 74.3 Å². The number of aliphatic hydroxyl groups excluding tert-OH is 1. The number of alkyl halides is 7. The highest BCUT2D eigenvalue weighted by Gasteiger charge is 2.73. The molecule has 2 aromatic rings. The molecule has 0 bridgehead atoms. The number of hydrogen-bond acceptors (Lipinski definition) is 5. The van der Waals surface area contributed by atoms with Gasteiger partial charge < -0.3 is 14.7 Å². The minimum absolute atomic E-state index is 0.0425. The molecule has 0 spiro atoms. The zero-order valence-corrected chi connectivity index (χ0v) is 24.6. The Morgan fingerprint density at radius 1 is 0.977 bits per heavy atom. The fraction of sp³-hybridized carbons (Fsp3) is 0.552. The van der Waals surface area contributed by atoms with Crippen LogP contribution in [0.3, 0.4) is 0 Å². The average molecular weight is 658 g/mol. The van der Waals surface area contributed by atoms with Crippen molar-refractivity contribution in [1.82, 2.24) is 4.90 Å². The molecule has 1 aliphatic carbocycles. The van der Waals surface area contributed by atoms with Crippen molar-refractivity contribution in [2.45, 2.75) is 72.3 Å². The van der Waals surface area contributed by atoms with E-state index in [2.05, 4.69) is 0 Å². The first-order valence-electron chi connectivity index (χ1n) is 13.7. The molecule has 1 saturated carbocycles. The Bertz CT molecular complexity index is 1470. The molecule has 15 heteroatoms. The number of likely N-dealkylation sites (tertiary alicyclic amines) is 1. The number of benzene rings is 2. The molecule has 1 atom stereocenters. The minimum atomic E-state index is -6.37. The minimum Gasteiger partial charge on any atom is -0.396 e. The largest absolute Gasteiger partial charge is 0.435 e. The van der Waals surface area contributed by atoms with Crippen LogP contribution < -0.4 is 0 Å². The summed E-state index contributed by atoms with van der Waals surface area (Å²) < 4.78 is 141. The molecular formula is C29H31F8NO5S. The standard InChI is InChI=1S/C29H31F8NO5S/c1-18-15-22(7-8-23(18)30)44(41,42)26(20-3-5-21(6-4-20)27(31,28(32,33)34)29(35,36)37)13-14-38(17-26)24(40)25(43-2)11-9-19(16-39)10-12-25/h3-8,15,19,39H,9-14,16-17H2,1-2H3. The molecule has 1 N–H and O–H groups in total. The Kier molecular flexibility index (Phi) is 8.94. The van der Waals surface area contributed by atoms with Crippen molar-refractivity contribution in [3.05, 3.63) is 65.0 Å². The number of aliphatic hydroxyl groups is 1. The summed E-state index contributed by atoms with van der Waals surface area (Å²) in [6, 6.07) is 4.76. The predicted octanol–water partition coefficient (Wildman–Crippen LogP) is 5.89. The van der Waals surface area contributed by atoms with E-state index in [9.17, 15) is 53.4 Å². The Hall–Kier alpha value is -2.78. The molecule has 2 aliphatic rings. The maximum Gasteiger partial charge on any atom is 0.435 e. The summed E-state index contributed by atoms with van der Waals surface area (Å²) in [7, 11) is -3.29. The average Bonchev–Trinajstić information content (AvgIpc) is 3.44. The van der Waals surface area contributed by atoms with Crippen LogP contribution in [0.4, 0.5) is 35.1 Å². The summed E-state index contributed by atoms with van der Waals surface area (Å²) in [4.78, 5) is 14.7. The van der Waals surface area contributed by atoms with Crippen molar-refractivity contribution in [1.29, 1.82) is 0 Å². The summed E-state index contributed by atoms with van der Waals surface area (Å²) in [6.45, 7) is 0.486. The Morgan fingerprint density at radius 2 is 1.55 bits per heavy atom. The van der Waals surface area contributed by atoms with Crippen molar-refractivity contribution in [2.24, 2.45) is 5.92 Å². The lowest BCUT2D eigenvalue weighted by Gasteiger charge is -2.40. The van der Waals surface area contributed by atoms with Gasteiger partial charge in [0, 0.05) is 32.4 Å². The van der Waals surface area contributed by atoms with E-state index < -0.39 is 62.0 Å². The van der Waals surface area contributed by atoms with E-state index in [0.717, 1.165) is 18.2 Å². The van der Waals surface area contributed by atoms with E-state index in [0.29, 0.717) is 25.0 Å². The maximum absolute atomic E-state index is 14.7. The molecule has 1 aliphatic heterocycles. The molecule has 44 heavy (non-hydrogen) atoms. The molecule has 4 rings (SSSR count). The fourth-order valence-corrected chi connectivity index (χ4v) is 8.35. The van der Waals surface area contributed by atoms with Crippen LogP contribution in [-0.2, 0) is 29.8 Å². The smallest absolute Gasteiger partial charge is 0.396 e. The molecule has 244 valence electrons. The third-order valence-electron chi connectivity index (χ3n) is 9.01. The molecule has 1 heterocycles. The Labute approximate surface area is 248 Å². The second kappa shape index (κ2) is 11.5. The van der Waals surface area contributed by atoms with Crippen LogP contribution >= 0.6 is 0 Å². The molecule has 1 unspecified atom stereocenters. The number of methoxy groups -OCH3 is 1. The summed E-state index contributed by atoms with van der Waals surface area (Å²) in [6.07, 6.45) is -11.7. The van der Waals surface area contributed by atoms with Gasteiger partial charge in [0.1, 0.15) is 16.2 Å². The van der Waals surface area contributed by atoms with Crippen LogP contribution in [-0.4, -0.2) is 69.1 Å². The SMILES string of the molecule is COC1(C(=O)N2CCC(c3ccc(C(F)(C(F)(F)F)C(F)(F)F)cc3)(S(=O)(=O)c3ccc(F)c(C)c3)C2)CCC(CO)CC1. The number of halogens is 8. The monoisotopic (exact) mass is 657 g/mol. The third kappa shape index (κ3) is 5.38. The van der Waals surface area contributed by atoms with Crippen LogP contribution in [0.25, 0.3) is 0 Å². The van der Waals surface area contributed by atoms with E-state index in [1.165, 1.54) is 18.9 Å². The number of carbonyl (C=O) groups excluding carboxylic acids is 1. The Morgan fingerprint density at radius 3 is 2.02 bits per heavy atom. The van der Waals surface area contributed by atoms with Gasteiger partial charge in [-0.2, -0.15) is 26.3 Å². The van der Waals surface area contributed by atoms with Gasteiger partial charge in [-0.3, -0.25) is 4.79 Å². The number of carbonyl (C=O) groups is 1. The van der Waals surface area contributed by atoms with Crippen molar-refractivity contribution in [3.8, 4) is 0 Å². The highest BCUT2D eigenvalue weighted by molar-refractivity contribution is 7.92. The summed E-state index contributed by atoms with van der Waals surface area (Å²) in [5, 5.41) is 9.50. The normalized spacial score (nSPS) is 25.3. The fourth-order valence-electron chi connectivity index (χ4n) is 6.19. The molecule has 1 amide bonds. The highest BCUT2D eigenvalue weighted by Crippen LogP contribution is 2.54. The zero-order chi connectivity index (χ0) is 32.9. The van der Waals surface area contributed by atoms with Gasteiger partial charge in [0.15, 0.2) is 9.84 Å². The third-order valence-corrected chi connectivity index (χ3v) is 11.5. The quantitative estimate of drug-likeness (QED) is 0.297. The first-order chi connectivity index (χ1) is 20.3. The lowest BCUT2D eigenvalue weighted by Crippen LogP contribution is -2.53. The van der Waals surface area contributed by atoms with Crippen molar-refractivity contribution < 1.29 is 58.2 Å². The van der Waals surface area contributed by atoms with Gasteiger partial charge in [0.2, 0.25) is 0 Å². The summed E-state index contributed by atoms with van der Waals surface area (Å²) in [5.41, 5.74) is -9.18. The van der Waals surface area contributed by atoms with Gasteiger partial charge >= 0.3 is 18.0 Å². The van der Waals surface area contributed by atoms with Crippen LogP contribution in [0.1, 0.15) is 48.8 Å². The van der Waals surface area contributed by atoms with Gasteiger partial charge in [-0.1, -0.05) is 24.3 Å². The molecule has 2 fully saturated rings. The van der Waals surface area contributed by atoms with Crippen LogP contribution in [0.2, 0.25) is 0 Å². The van der Waals surface area contributed by atoms with Crippen molar-refractivity contribution >= 4 is 15.7 Å². The predicted molar refractivity (Wildman–Crippen MR) is 141 cm³/mol. The molecule has 0 aromatic heterocycles. The van der Waals surface area contributed by atoms with Crippen LogP contribution in [0.15, 0.2) is 47.4 Å². The molecular weight excluding hydrogens is 626 g/mol. The van der Waals surface area contributed by atoms with Crippen LogP contribution in [0.5, 0.6) is 0 Å². The number of aryl methyl sites for hydroxylation is 1. The highest BCUT2D eigenvalue weighted by atomic mass is 32.2. The number of sulfone groups is 1. The van der Waals surface area contributed by atoms with Crippen LogP contribution in [0, 0.1) is 18.7 Å². The summed E-state index contributed by atoms with van der Waals surface area (Å²) in [5.74, 6) is -1.33. The second-order valence-electron chi connectivity index (χ2n) is 11.4. The maximum atomic E-state index is 14.7. The molecule has 6 nitrogen and oxygen atoms in total. The number of rotatable bonds is 7. The van der Waals surface area contributed by atoms with Gasteiger partial charge in [-0.15, -0.1) is 0 Å². The second-order valence-corrected chi connectivity index (χ2v) is 13.7. The van der Waals surface area contributed by atoms with Crippen molar-refractivity contribution in [3.63, 3.8) is 0 Å². The summed E-state index contributed by atoms with van der Waals surface area (Å²) >= 11 is 0. The van der Waals surface area contributed by atoms with Gasteiger partial charge in [-0.25, -0.2) is 17.2 Å². The number of amides is 1. The zero-order valence-electron chi connectivity index (χ0n) is 23.7. The van der Waals surface area contributed by atoms with Crippen molar-refractivity contribution in [2.75, 3.05) is 26.8 Å². The molecule has 1 saturated heterocycles. The number of ether oxygens (including phenoxy) is 1. The lowest BCUT2D eigenvalue weighted by atomic mass is 9.78. The van der Waals surface area contributed by atoms with E-state index in [1.54, 1.807) is 0 Å². The van der Waals surface area contributed by atoms with E-state index in [-0.39, 0.29) is 66.5 Å². The van der Waals surface area contributed by atoms with E-state index in [1.807, 2.05) is 0 Å². The number of nitrogens with zero attached hydrogens (tertiary/aromatic N) is 1. The topological polar surface area (TPSA) is 83.9 Å². The molecule has 2 aromatic carbocycles.